The first-order chi connectivity index (χ1) is 9.70. The van der Waals surface area contributed by atoms with Crippen molar-refractivity contribution in [3.8, 4) is 0 Å². The highest BCUT2D eigenvalue weighted by molar-refractivity contribution is 5.86. The Hall–Kier alpha value is -1.23. The van der Waals surface area contributed by atoms with Crippen LogP contribution in [0, 0.1) is 5.92 Å². The van der Waals surface area contributed by atoms with E-state index in [4.69, 9.17) is 9.47 Å². The number of rotatable bonds is 3. The quantitative estimate of drug-likeness (QED) is 0.915. The summed E-state index contributed by atoms with van der Waals surface area (Å²) in [6, 6.07) is 9.12. The number of benzene rings is 1. The van der Waals surface area contributed by atoms with Gasteiger partial charge >= 0.3 is 0 Å². The van der Waals surface area contributed by atoms with Gasteiger partial charge in [-0.3, -0.25) is 4.79 Å². The highest BCUT2D eigenvalue weighted by Gasteiger charge is 2.43. The van der Waals surface area contributed by atoms with Gasteiger partial charge in [-0.25, -0.2) is 0 Å². The third kappa shape index (κ3) is 2.64. The summed E-state index contributed by atoms with van der Waals surface area (Å²) in [4.78, 5) is 12.5. The first kappa shape index (κ1) is 13.7. The molecule has 2 aliphatic rings. The first-order valence-corrected chi connectivity index (χ1v) is 7.19. The topological polar surface area (TPSA) is 55.8 Å². The summed E-state index contributed by atoms with van der Waals surface area (Å²) >= 11 is 0. The average Bonchev–Trinajstić information content (AvgIpc) is 2.94. The maximum Gasteiger partial charge on any atom is 0.169 e. The smallest absolute Gasteiger partial charge is 0.169 e. The Morgan fingerprint density at radius 1 is 1.30 bits per heavy atom. The number of hydrogen-bond donors (Lipinski definition) is 1. The van der Waals surface area contributed by atoms with Crippen molar-refractivity contribution in [2.75, 3.05) is 19.8 Å². The Morgan fingerprint density at radius 3 is 2.80 bits per heavy atom. The van der Waals surface area contributed by atoms with E-state index in [0.717, 1.165) is 6.42 Å². The van der Waals surface area contributed by atoms with Crippen LogP contribution in [0.15, 0.2) is 30.3 Å². The molecule has 0 amide bonds. The van der Waals surface area contributed by atoms with Gasteiger partial charge in [-0.05, 0) is 18.4 Å². The highest BCUT2D eigenvalue weighted by Crippen LogP contribution is 2.37. The van der Waals surface area contributed by atoms with Crippen LogP contribution < -0.4 is 0 Å². The standard InChI is InChI=1S/C16H20O4/c17-14(12-4-2-1-3-5-12)15(18)13-6-8-20-16(10-13)7-9-19-11-16/h1-5,13-14,17H,6-11H2. The molecule has 1 aromatic carbocycles. The van der Waals surface area contributed by atoms with E-state index in [1.165, 1.54) is 0 Å². The Kier molecular flexibility index (Phi) is 3.87. The molecule has 2 saturated heterocycles. The molecule has 4 nitrogen and oxygen atoms in total. The van der Waals surface area contributed by atoms with Crippen molar-refractivity contribution in [2.24, 2.45) is 5.92 Å². The Labute approximate surface area is 118 Å². The van der Waals surface area contributed by atoms with Gasteiger partial charge in [0.05, 0.1) is 12.2 Å². The minimum atomic E-state index is -1.03. The lowest BCUT2D eigenvalue weighted by Crippen LogP contribution is -2.43. The van der Waals surface area contributed by atoms with E-state index in [2.05, 4.69) is 0 Å². The summed E-state index contributed by atoms with van der Waals surface area (Å²) in [5, 5.41) is 10.3. The number of aliphatic hydroxyl groups excluding tert-OH is 1. The fourth-order valence-corrected chi connectivity index (χ4v) is 3.16. The molecule has 1 N–H and O–H groups in total. The second-order valence-corrected chi connectivity index (χ2v) is 5.74. The Balaban J connectivity index is 1.70. The van der Waals surface area contributed by atoms with E-state index in [-0.39, 0.29) is 17.3 Å². The summed E-state index contributed by atoms with van der Waals surface area (Å²) < 4.78 is 11.2. The first-order valence-electron chi connectivity index (χ1n) is 7.19. The molecule has 3 atom stereocenters. The van der Waals surface area contributed by atoms with Gasteiger partial charge in [-0.1, -0.05) is 30.3 Å². The van der Waals surface area contributed by atoms with Crippen LogP contribution in [0.3, 0.4) is 0 Å². The predicted molar refractivity (Wildman–Crippen MR) is 73.3 cm³/mol. The largest absolute Gasteiger partial charge is 0.381 e. The molecule has 3 rings (SSSR count). The van der Waals surface area contributed by atoms with E-state index in [1.807, 2.05) is 18.2 Å². The van der Waals surface area contributed by atoms with Crippen LogP contribution in [0.25, 0.3) is 0 Å². The molecule has 0 saturated carbocycles. The van der Waals surface area contributed by atoms with E-state index in [9.17, 15) is 9.90 Å². The molecule has 0 bridgehead atoms. The monoisotopic (exact) mass is 276 g/mol. The van der Waals surface area contributed by atoms with Gasteiger partial charge in [0.1, 0.15) is 6.10 Å². The second kappa shape index (κ2) is 5.64. The molecule has 2 heterocycles. The summed E-state index contributed by atoms with van der Waals surface area (Å²) in [6.07, 6.45) is 1.16. The van der Waals surface area contributed by atoms with E-state index >= 15 is 0 Å². The number of aliphatic hydroxyl groups is 1. The Bertz CT molecular complexity index is 465. The minimum Gasteiger partial charge on any atom is -0.381 e. The van der Waals surface area contributed by atoms with Gasteiger partial charge in [-0.15, -0.1) is 0 Å². The zero-order valence-corrected chi connectivity index (χ0v) is 11.5. The lowest BCUT2D eigenvalue weighted by Gasteiger charge is -2.37. The summed E-state index contributed by atoms with van der Waals surface area (Å²) in [7, 11) is 0. The maximum atomic E-state index is 12.5. The fraction of sp³-hybridized carbons (Fsp3) is 0.562. The number of carbonyl (C=O) groups is 1. The second-order valence-electron chi connectivity index (χ2n) is 5.74. The third-order valence-corrected chi connectivity index (χ3v) is 4.35. The number of Topliss-reactive ketones (excluding diaryl/α,β-unsaturated/α-hetero) is 1. The predicted octanol–water partition coefficient (Wildman–Crippen LogP) is 1.87. The van der Waals surface area contributed by atoms with Crippen LogP contribution in [0.4, 0.5) is 0 Å². The molecule has 1 aromatic rings. The van der Waals surface area contributed by atoms with Crippen LogP contribution in [-0.4, -0.2) is 36.3 Å². The lowest BCUT2D eigenvalue weighted by molar-refractivity contribution is -0.144. The van der Waals surface area contributed by atoms with Crippen molar-refractivity contribution in [3.63, 3.8) is 0 Å². The van der Waals surface area contributed by atoms with Crippen molar-refractivity contribution in [1.82, 2.24) is 0 Å². The summed E-state index contributed by atoms with van der Waals surface area (Å²) in [5.41, 5.74) is 0.371. The molecule has 0 aromatic heterocycles. The maximum absolute atomic E-state index is 12.5. The molecule has 3 unspecified atom stereocenters. The van der Waals surface area contributed by atoms with E-state index < -0.39 is 6.10 Å². The zero-order valence-electron chi connectivity index (χ0n) is 11.5. The van der Waals surface area contributed by atoms with Gasteiger partial charge < -0.3 is 14.6 Å². The van der Waals surface area contributed by atoms with Crippen molar-refractivity contribution in [3.05, 3.63) is 35.9 Å². The fourth-order valence-electron chi connectivity index (χ4n) is 3.16. The van der Waals surface area contributed by atoms with Gasteiger partial charge in [0.2, 0.25) is 0 Å². The van der Waals surface area contributed by atoms with Crippen LogP contribution in [0.1, 0.15) is 30.9 Å². The average molecular weight is 276 g/mol. The molecule has 0 aliphatic carbocycles. The number of hydrogen-bond acceptors (Lipinski definition) is 4. The van der Waals surface area contributed by atoms with Gasteiger partial charge in [0.15, 0.2) is 5.78 Å². The molecule has 108 valence electrons. The van der Waals surface area contributed by atoms with E-state index in [0.29, 0.717) is 38.2 Å². The molecule has 4 heteroatoms. The van der Waals surface area contributed by atoms with E-state index in [1.54, 1.807) is 12.1 Å². The van der Waals surface area contributed by atoms with Gasteiger partial charge in [-0.2, -0.15) is 0 Å². The molecular weight excluding hydrogens is 256 g/mol. The van der Waals surface area contributed by atoms with Crippen molar-refractivity contribution in [1.29, 1.82) is 0 Å². The lowest BCUT2D eigenvalue weighted by atomic mass is 9.80. The Morgan fingerprint density at radius 2 is 2.10 bits per heavy atom. The number of ketones is 1. The van der Waals surface area contributed by atoms with Crippen LogP contribution >= 0.6 is 0 Å². The van der Waals surface area contributed by atoms with Crippen molar-refractivity contribution in [2.45, 2.75) is 31.0 Å². The zero-order chi connectivity index (χ0) is 14.0. The van der Waals surface area contributed by atoms with Crippen molar-refractivity contribution < 1.29 is 19.4 Å². The molecule has 2 fully saturated rings. The molecule has 1 spiro atoms. The van der Waals surface area contributed by atoms with Gasteiger partial charge in [0, 0.05) is 25.6 Å². The highest BCUT2D eigenvalue weighted by atomic mass is 16.6. The minimum absolute atomic E-state index is 0.0919. The van der Waals surface area contributed by atoms with Crippen LogP contribution in [0.5, 0.6) is 0 Å². The van der Waals surface area contributed by atoms with Crippen LogP contribution in [-0.2, 0) is 14.3 Å². The van der Waals surface area contributed by atoms with Gasteiger partial charge in [0.25, 0.3) is 0 Å². The third-order valence-electron chi connectivity index (χ3n) is 4.35. The number of carbonyl (C=O) groups excluding carboxylic acids is 1. The van der Waals surface area contributed by atoms with Crippen LogP contribution in [0.2, 0.25) is 0 Å². The normalized spacial score (nSPS) is 31.4. The molecule has 0 radical (unpaired) electrons. The molecule has 2 aliphatic heterocycles. The molecule has 20 heavy (non-hydrogen) atoms. The van der Waals surface area contributed by atoms with Crippen molar-refractivity contribution >= 4 is 5.78 Å². The number of ether oxygens (including phenoxy) is 2. The summed E-state index contributed by atoms with van der Waals surface area (Å²) in [5.74, 6) is -0.230. The molecular formula is C16H20O4. The summed E-state index contributed by atoms with van der Waals surface area (Å²) in [6.45, 7) is 1.83. The SMILES string of the molecule is O=C(C1CCOC2(CCOC2)C1)C(O)c1ccccc1.